The van der Waals surface area contributed by atoms with Crippen molar-refractivity contribution in [2.75, 3.05) is 13.2 Å². The first-order chi connectivity index (χ1) is 10.4. The minimum Gasteiger partial charge on any atom is -0.597 e. The first-order valence-corrected chi connectivity index (χ1v) is 8.57. The molecule has 0 amide bonds. The van der Waals surface area contributed by atoms with Crippen molar-refractivity contribution in [2.24, 2.45) is 0 Å². The second-order valence-corrected chi connectivity index (χ2v) is 8.35. The fourth-order valence-corrected chi connectivity index (χ4v) is 3.81. The normalized spacial score (nSPS) is 20.6. The zero-order valence-electron chi connectivity index (χ0n) is 13.5. The summed E-state index contributed by atoms with van der Waals surface area (Å²) in [5.74, 6) is -0.329. The molecule has 1 aliphatic rings. The Hall–Kier alpha value is -1.30. The van der Waals surface area contributed by atoms with E-state index in [0.717, 1.165) is 5.56 Å². The quantitative estimate of drug-likeness (QED) is 0.632. The molecule has 0 spiro atoms. The summed E-state index contributed by atoms with van der Waals surface area (Å²) in [5.41, 5.74) is 1.53. The van der Waals surface area contributed by atoms with E-state index in [0.29, 0.717) is 18.7 Å². The number of rotatable bonds is 4. The van der Waals surface area contributed by atoms with Gasteiger partial charge in [-0.25, -0.2) is 4.79 Å². The first kappa shape index (κ1) is 17.1. The largest absolute Gasteiger partial charge is 0.597 e. The van der Waals surface area contributed by atoms with Gasteiger partial charge in [0.05, 0.1) is 18.7 Å². The van der Waals surface area contributed by atoms with Crippen molar-refractivity contribution in [1.82, 2.24) is 4.31 Å². The Bertz CT molecular complexity index is 551. The number of hydrogen-bond donors (Lipinski definition) is 0. The van der Waals surface area contributed by atoms with Gasteiger partial charge >= 0.3 is 5.97 Å². The molecular formula is C17H23NO3S. The lowest BCUT2D eigenvalue weighted by Gasteiger charge is -2.34. The highest BCUT2D eigenvalue weighted by atomic mass is 32.2. The highest BCUT2D eigenvalue weighted by molar-refractivity contribution is 7.90. The molecule has 0 aromatic heterocycles. The minimum absolute atomic E-state index is 0.319. The molecule has 0 aliphatic carbocycles. The average Bonchev–Trinajstić information content (AvgIpc) is 2.91. The summed E-state index contributed by atoms with van der Waals surface area (Å²) < 4.78 is 19.5. The third-order valence-corrected chi connectivity index (χ3v) is 5.27. The molecule has 1 aliphatic heterocycles. The van der Waals surface area contributed by atoms with Gasteiger partial charge in [-0.3, -0.25) is 0 Å². The smallest absolute Gasteiger partial charge is 0.335 e. The van der Waals surface area contributed by atoms with Crippen molar-refractivity contribution < 1.29 is 14.1 Å². The number of benzene rings is 1. The van der Waals surface area contributed by atoms with Gasteiger partial charge in [0.1, 0.15) is 10.8 Å². The molecule has 1 heterocycles. The fraction of sp³-hybridized carbons (Fsp3) is 0.471. The molecule has 0 radical (unpaired) electrons. The van der Waals surface area contributed by atoms with Crippen LogP contribution in [-0.2, 0) is 20.9 Å². The van der Waals surface area contributed by atoms with Gasteiger partial charge in [0.2, 0.25) is 0 Å². The van der Waals surface area contributed by atoms with Gasteiger partial charge in [0.25, 0.3) is 0 Å². The molecule has 0 saturated carbocycles. The predicted molar refractivity (Wildman–Crippen MR) is 88.5 cm³/mol. The van der Waals surface area contributed by atoms with Crippen LogP contribution in [0.5, 0.6) is 0 Å². The highest BCUT2D eigenvalue weighted by Crippen LogP contribution is 2.39. The van der Waals surface area contributed by atoms with Crippen LogP contribution in [0, 0.1) is 0 Å². The molecule has 0 N–H and O–H groups in total. The van der Waals surface area contributed by atoms with Crippen molar-refractivity contribution in [1.29, 1.82) is 0 Å². The Kier molecular flexibility index (Phi) is 5.32. The standard InChI is InChI=1S/C17H23NO3S/c1-5-21-16(19)14-11-12-18(22(20)17(2,3)4)15(14)13-9-7-6-8-10-13/h6-11,15H,5,12H2,1-4H3/t15-,22-/m1/s1. The fourth-order valence-electron chi connectivity index (χ4n) is 2.47. The summed E-state index contributed by atoms with van der Waals surface area (Å²) in [7, 11) is 0. The van der Waals surface area contributed by atoms with Crippen molar-refractivity contribution in [3.05, 3.63) is 47.5 Å². The lowest BCUT2D eigenvalue weighted by Crippen LogP contribution is -2.43. The van der Waals surface area contributed by atoms with Gasteiger partial charge in [0.15, 0.2) is 0 Å². The van der Waals surface area contributed by atoms with E-state index in [4.69, 9.17) is 4.74 Å². The first-order valence-electron chi connectivity index (χ1n) is 7.47. The van der Waals surface area contributed by atoms with Crippen LogP contribution in [-0.4, -0.2) is 32.7 Å². The molecule has 0 saturated heterocycles. The second kappa shape index (κ2) is 6.86. The van der Waals surface area contributed by atoms with Gasteiger partial charge in [-0.2, -0.15) is 0 Å². The zero-order chi connectivity index (χ0) is 16.3. The van der Waals surface area contributed by atoms with Gasteiger partial charge in [0, 0.05) is 11.4 Å². The molecule has 5 heteroatoms. The molecule has 22 heavy (non-hydrogen) atoms. The van der Waals surface area contributed by atoms with E-state index in [1.54, 1.807) is 6.92 Å². The number of nitrogens with zero attached hydrogens (tertiary/aromatic N) is 1. The predicted octanol–water partition coefficient (Wildman–Crippen LogP) is 3.00. The number of carbonyl (C=O) groups is 1. The van der Waals surface area contributed by atoms with Crippen LogP contribution in [0.2, 0.25) is 0 Å². The van der Waals surface area contributed by atoms with Crippen molar-refractivity contribution >= 4 is 17.3 Å². The lowest BCUT2D eigenvalue weighted by atomic mass is 10.0. The maximum Gasteiger partial charge on any atom is 0.335 e. The minimum atomic E-state index is -1.21. The molecular weight excluding hydrogens is 298 g/mol. The van der Waals surface area contributed by atoms with Crippen LogP contribution in [0.3, 0.4) is 0 Å². The van der Waals surface area contributed by atoms with E-state index in [1.807, 2.05) is 61.5 Å². The van der Waals surface area contributed by atoms with Gasteiger partial charge in [-0.15, -0.1) is 4.31 Å². The maximum absolute atomic E-state index is 12.8. The summed E-state index contributed by atoms with van der Waals surface area (Å²) in [6.07, 6.45) is 1.83. The molecule has 4 nitrogen and oxygen atoms in total. The third kappa shape index (κ3) is 3.54. The van der Waals surface area contributed by atoms with E-state index in [9.17, 15) is 9.35 Å². The van der Waals surface area contributed by atoms with E-state index < -0.39 is 11.4 Å². The number of esters is 1. The highest BCUT2D eigenvalue weighted by Gasteiger charge is 2.44. The maximum atomic E-state index is 12.8. The SMILES string of the molecule is CCOC(=O)C1=CCN([S@+]([O-])C(C)(C)C)[C@@H]1c1ccccc1. The molecule has 0 fully saturated rings. The third-order valence-electron chi connectivity index (χ3n) is 3.44. The Labute approximate surface area is 135 Å². The molecule has 120 valence electrons. The van der Waals surface area contributed by atoms with Crippen LogP contribution in [0.4, 0.5) is 0 Å². The molecule has 2 rings (SSSR count). The van der Waals surface area contributed by atoms with Gasteiger partial charge in [-0.1, -0.05) is 36.4 Å². The van der Waals surface area contributed by atoms with Crippen molar-refractivity contribution in [3.63, 3.8) is 0 Å². The topological polar surface area (TPSA) is 52.6 Å². The Morgan fingerprint density at radius 2 is 2.00 bits per heavy atom. The van der Waals surface area contributed by atoms with E-state index in [1.165, 1.54) is 0 Å². The van der Waals surface area contributed by atoms with Crippen molar-refractivity contribution in [2.45, 2.75) is 38.5 Å². The summed E-state index contributed by atoms with van der Waals surface area (Å²) in [6, 6.07) is 9.37. The van der Waals surface area contributed by atoms with Crippen molar-refractivity contribution in [3.8, 4) is 0 Å². The van der Waals surface area contributed by atoms with Crippen LogP contribution in [0.25, 0.3) is 0 Å². The molecule has 2 atom stereocenters. The van der Waals surface area contributed by atoms with Crippen LogP contribution in [0.1, 0.15) is 39.3 Å². The van der Waals surface area contributed by atoms with Crippen LogP contribution >= 0.6 is 0 Å². The average molecular weight is 321 g/mol. The van der Waals surface area contributed by atoms with E-state index in [2.05, 4.69) is 0 Å². The summed E-state index contributed by atoms with van der Waals surface area (Å²) >= 11 is -1.21. The van der Waals surface area contributed by atoms with E-state index >= 15 is 0 Å². The van der Waals surface area contributed by atoms with E-state index in [-0.39, 0.29) is 16.8 Å². The number of carbonyl (C=O) groups excluding carboxylic acids is 1. The summed E-state index contributed by atoms with van der Waals surface area (Å²) in [5, 5.41) is 0. The van der Waals surface area contributed by atoms with Crippen LogP contribution in [0.15, 0.2) is 42.0 Å². The molecule has 0 unspecified atom stereocenters. The van der Waals surface area contributed by atoms with Gasteiger partial charge < -0.3 is 9.29 Å². The molecule has 0 bridgehead atoms. The molecule has 1 aromatic rings. The Balaban J connectivity index is 2.36. The number of hydrogen-bond acceptors (Lipinski definition) is 4. The second-order valence-electron chi connectivity index (χ2n) is 6.15. The molecule has 1 aromatic carbocycles. The summed E-state index contributed by atoms with van der Waals surface area (Å²) in [4.78, 5) is 12.2. The number of ether oxygens (including phenoxy) is 1. The summed E-state index contributed by atoms with van der Waals surface area (Å²) in [6.45, 7) is 8.42. The Morgan fingerprint density at radius 1 is 1.36 bits per heavy atom. The van der Waals surface area contributed by atoms with Crippen LogP contribution < -0.4 is 0 Å². The monoisotopic (exact) mass is 321 g/mol. The Morgan fingerprint density at radius 3 is 2.55 bits per heavy atom. The van der Waals surface area contributed by atoms with Gasteiger partial charge in [-0.05, 0) is 33.3 Å². The lowest BCUT2D eigenvalue weighted by molar-refractivity contribution is -0.138. The zero-order valence-corrected chi connectivity index (χ0v) is 14.4.